The van der Waals surface area contributed by atoms with E-state index in [9.17, 15) is 9.90 Å². The van der Waals surface area contributed by atoms with Crippen LogP contribution >= 0.6 is 23.1 Å². The van der Waals surface area contributed by atoms with Crippen molar-refractivity contribution in [1.29, 1.82) is 0 Å². The number of hydrogen-bond acceptors (Lipinski definition) is 6. The lowest BCUT2D eigenvalue weighted by molar-refractivity contribution is -0.139. The van der Waals surface area contributed by atoms with Gasteiger partial charge in [-0.25, -0.2) is 4.98 Å². The number of rotatable bonds is 7. The second kappa shape index (κ2) is 7.47. The van der Waals surface area contributed by atoms with Gasteiger partial charge in [-0.15, -0.1) is 11.3 Å². The van der Waals surface area contributed by atoms with Crippen LogP contribution in [0.5, 0.6) is 0 Å². The number of aliphatic hydroxyl groups is 1. The molecule has 7 heteroatoms. The van der Waals surface area contributed by atoms with Gasteiger partial charge in [0, 0.05) is 4.88 Å². The largest absolute Gasteiger partial charge is 0.465 e. The average Bonchev–Trinajstić information content (AvgIpc) is 3.07. The molecule has 0 aliphatic rings. The number of aliphatic hydroxyl groups excluding tert-OH is 1. The molecule has 0 unspecified atom stereocenters. The van der Waals surface area contributed by atoms with Crippen LogP contribution < -0.4 is 0 Å². The zero-order chi connectivity index (χ0) is 14.4. The first-order chi connectivity index (χ1) is 9.74. The van der Waals surface area contributed by atoms with E-state index >= 15 is 0 Å². The topological polar surface area (TPSA) is 64.3 Å². The summed E-state index contributed by atoms with van der Waals surface area (Å²) in [6.07, 6.45) is 1.64. The van der Waals surface area contributed by atoms with Crippen molar-refractivity contribution in [1.82, 2.24) is 9.55 Å². The minimum absolute atomic E-state index is 0.0711. The molecule has 0 aliphatic carbocycles. The molecule has 0 saturated heterocycles. The second-order valence-electron chi connectivity index (χ2n) is 3.95. The normalized spacial score (nSPS) is 10.7. The van der Waals surface area contributed by atoms with Gasteiger partial charge in [0.1, 0.15) is 0 Å². The molecule has 108 valence electrons. The molecular formula is C13H16N2O3S2. The van der Waals surface area contributed by atoms with Crippen LogP contribution in [0.2, 0.25) is 0 Å². The molecule has 0 bridgehead atoms. The average molecular weight is 312 g/mol. The molecule has 0 radical (unpaired) electrons. The summed E-state index contributed by atoms with van der Waals surface area (Å²) in [5.41, 5.74) is 0.741. The first-order valence-corrected chi connectivity index (χ1v) is 8.07. The minimum Gasteiger partial charge on any atom is -0.465 e. The molecule has 2 aromatic rings. The fourth-order valence-electron chi connectivity index (χ4n) is 1.69. The van der Waals surface area contributed by atoms with Gasteiger partial charge in [-0.2, -0.15) is 0 Å². The van der Waals surface area contributed by atoms with Crippen LogP contribution in [0.4, 0.5) is 0 Å². The van der Waals surface area contributed by atoms with Crippen molar-refractivity contribution >= 4 is 29.1 Å². The Hall–Kier alpha value is -1.31. The summed E-state index contributed by atoms with van der Waals surface area (Å²) in [6.45, 7) is 2.74. The number of carbonyl (C=O) groups excluding carboxylic acids is 1. The van der Waals surface area contributed by atoms with E-state index < -0.39 is 0 Å². The lowest BCUT2D eigenvalue weighted by atomic mass is 10.4. The maximum absolute atomic E-state index is 11.4. The summed E-state index contributed by atoms with van der Waals surface area (Å²) in [5.74, 6) is -0.0334. The van der Waals surface area contributed by atoms with Gasteiger partial charge in [0.2, 0.25) is 0 Å². The van der Waals surface area contributed by atoms with E-state index in [-0.39, 0.29) is 18.3 Å². The van der Waals surface area contributed by atoms with Gasteiger partial charge in [0.25, 0.3) is 0 Å². The number of aromatic nitrogens is 2. The predicted octanol–water partition coefficient (Wildman–Crippen LogP) is 2.14. The van der Waals surface area contributed by atoms with E-state index in [0.717, 1.165) is 10.9 Å². The van der Waals surface area contributed by atoms with Gasteiger partial charge < -0.3 is 14.4 Å². The first-order valence-electron chi connectivity index (χ1n) is 6.20. The fourth-order valence-corrected chi connectivity index (χ4v) is 3.17. The molecule has 2 rings (SSSR count). The van der Waals surface area contributed by atoms with Crippen molar-refractivity contribution in [3.05, 3.63) is 34.3 Å². The Balaban J connectivity index is 2.08. The summed E-state index contributed by atoms with van der Waals surface area (Å²) in [7, 11) is 0. The Kier molecular flexibility index (Phi) is 5.63. The summed E-state index contributed by atoms with van der Waals surface area (Å²) in [4.78, 5) is 16.8. The van der Waals surface area contributed by atoms with Gasteiger partial charge in [0.05, 0.1) is 37.4 Å². The van der Waals surface area contributed by atoms with E-state index in [4.69, 9.17) is 4.74 Å². The monoisotopic (exact) mass is 312 g/mol. The lowest BCUT2D eigenvalue weighted by Crippen LogP contribution is -2.09. The van der Waals surface area contributed by atoms with Gasteiger partial charge in [-0.3, -0.25) is 4.79 Å². The van der Waals surface area contributed by atoms with Gasteiger partial charge in [-0.1, -0.05) is 17.8 Å². The first kappa shape index (κ1) is 15.1. The number of nitrogens with zero attached hydrogens (tertiary/aromatic N) is 2. The highest BCUT2D eigenvalue weighted by Crippen LogP contribution is 2.22. The number of thioether (sulfide) groups is 1. The Labute approximate surface area is 125 Å². The summed E-state index contributed by atoms with van der Waals surface area (Å²) < 4.78 is 6.82. The number of hydrogen-bond donors (Lipinski definition) is 1. The summed E-state index contributed by atoms with van der Waals surface area (Å²) in [5, 5.41) is 12.1. The molecular weight excluding hydrogens is 296 g/mol. The number of ether oxygens (including phenoxy) is 1. The number of thiophene rings is 1. The van der Waals surface area contributed by atoms with E-state index in [1.165, 1.54) is 16.6 Å². The molecule has 0 spiro atoms. The van der Waals surface area contributed by atoms with Gasteiger partial charge in [0.15, 0.2) is 5.16 Å². The Bertz CT molecular complexity index is 552. The standard InChI is InChI=1S/C13H16N2O3S2/c1-2-18-12(17)9-20-13-14-6-10(8-16)15(13)7-11-4-3-5-19-11/h3-6,16H,2,7-9H2,1H3. The third kappa shape index (κ3) is 3.84. The molecule has 0 saturated carbocycles. The number of esters is 1. The predicted molar refractivity (Wildman–Crippen MR) is 78.9 cm³/mol. The maximum atomic E-state index is 11.4. The second-order valence-corrected chi connectivity index (χ2v) is 5.92. The lowest BCUT2D eigenvalue weighted by Gasteiger charge is -2.09. The molecule has 0 fully saturated rings. The van der Waals surface area contributed by atoms with E-state index in [1.54, 1.807) is 24.5 Å². The molecule has 20 heavy (non-hydrogen) atoms. The van der Waals surface area contributed by atoms with Crippen molar-refractivity contribution in [2.45, 2.75) is 25.2 Å². The van der Waals surface area contributed by atoms with E-state index in [2.05, 4.69) is 4.98 Å². The summed E-state index contributed by atoms with van der Waals surface area (Å²) >= 11 is 2.97. The molecule has 1 N–H and O–H groups in total. The SMILES string of the molecule is CCOC(=O)CSc1ncc(CO)n1Cc1cccs1. The molecule has 5 nitrogen and oxygen atoms in total. The zero-order valence-electron chi connectivity index (χ0n) is 11.1. The smallest absolute Gasteiger partial charge is 0.316 e. The Morgan fingerprint density at radius 3 is 3.10 bits per heavy atom. The third-order valence-electron chi connectivity index (χ3n) is 2.58. The third-order valence-corrected chi connectivity index (χ3v) is 4.41. The molecule has 0 atom stereocenters. The maximum Gasteiger partial charge on any atom is 0.316 e. The van der Waals surface area contributed by atoms with Crippen LogP contribution in [0.15, 0.2) is 28.9 Å². The van der Waals surface area contributed by atoms with Crippen molar-refractivity contribution in [3.63, 3.8) is 0 Å². The highest BCUT2D eigenvalue weighted by molar-refractivity contribution is 7.99. The molecule has 2 aromatic heterocycles. The van der Waals surface area contributed by atoms with E-state index in [1.807, 2.05) is 22.1 Å². The van der Waals surface area contributed by atoms with Gasteiger partial charge in [-0.05, 0) is 18.4 Å². The molecule has 0 aromatic carbocycles. The highest BCUT2D eigenvalue weighted by Gasteiger charge is 2.13. The van der Waals surface area contributed by atoms with Crippen LogP contribution in [0.3, 0.4) is 0 Å². The van der Waals surface area contributed by atoms with Crippen LogP contribution in [0, 0.1) is 0 Å². The minimum atomic E-state index is -0.256. The van der Waals surface area contributed by atoms with Crippen molar-refractivity contribution in [3.8, 4) is 0 Å². The molecule has 0 amide bonds. The van der Waals surface area contributed by atoms with Crippen LogP contribution in [0.25, 0.3) is 0 Å². The van der Waals surface area contributed by atoms with Crippen LogP contribution in [0.1, 0.15) is 17.5 Å². The van der Waals surface area contributed by atoms with E-state index in [0.29, 0.717) is 13.2 Å². The fraction of sp³-hybridized carbons (Fsp3) is 0.385. The molecule has 2 heterocycles. The van der Waals surface area contributed by atoms with Crippen LogP contribution in [-0.2, 0) is 22.7 Å². The quantitative estimate of drug-likeness (QED) is 0.627. The number of carbonyl (C=O) groups is 1. The Morgan fingerprint density at radius 2 is 2.45 bits per heavy atom. The summed E-state index contributed by atoms with van der Waals surface area (Å²) in [6, 6.07) is 4.02. The zero-order valence-corrected chi connectivity index (χ0v) is 12.7. The molecule has 0 aliphatic heterocycles. The van der Waals surface area contributed by atoms with Crippen molar-refractivity contribution < 1.29 is 14.6 Å². The highest BCUT2D eigenvalue weighted by atomic mass is 32.2. The van der Waals surface area contributed by atoms with Gasteiger partial charge >= 0.3 is 5.97 Å². The van der Waals surface area contributed by atoms with Crippen LogP contribution in [-0.4, -0.2) is 33.0 Å². The van der Waals surface area contributed by atoms with Crippen molar-refractivity contribution in [2.24, 2.45) is 0 Å². The van der Waals surface area contributed by atoms with Crippen molar-refractivity contribution in [2.75, 3.05) is 12.4 Å². The Morgan fingerprint density at radius 1 is 1.60 bits per heavy atom. The number of imidazole rings is 1.